The number of halogens is 2. The van der Waals surface area contributed by atoms with Gasteiger partial charge in [0.1, 0.15) is 5.82 Å². The van der Waals surface area contributed by atoms with E-state index < -0.39 is 5.95 Å². The molecule has 0 amide bonds. The molecule has 4 rings (SSSR count). The number of thiazole rings is 1. The van der Waals surface area contributed by atoms with Crippen LogP contribution in [0.5, 0.6) is 0 Å². The zero-order valence-electron chi connectivity index (χ0n) is 12.2. The van der Waals surface area contributed by atoms with Crippen molar-refractivity contribution in [1.29, 1.82) is 0 Å². The summed E-state index contributed by atoms with van der Waals surface area (Å²) in [6.45, 7) is 3.17. The maximum absolute atomic E-state index is 13.3. The van der Waals surface area contributed by atoms with E-state index in [1.54, 1.807) is 6.07 Å². The smallest absolute Gasteiger partial charge is 0.214 e. The van der Waals surface area contributed by atoms with E-state index >= 15 is 0 Å². The molecule has 0 atom stereocenters. The predicted molar refractivity (Wildman–Crippen MR) is 88.2 cm³/mol. The molecule has 0 saturated carbocycles. The average Bonchev–Trinajstić information content (AvgIpc) is 2.98. The van der Waals surface area contributed by atoms with Crippen molar-refractivity contribution in [3.8, 4) is 0 Å². The fraction of sp³-hybridized carbons (Fsp3) is 0.250. The molecule has 1 aliphatic rings. The Balaban J connectivity index is 1.50. The van der Waals surface area contributed by atoms with Gasteiger partial charge in [0, 0.05) is 44.1 Å². The van der Waals surface area contributed by atoms with Gasteiger partial charge < -0.3 is 9.80 Å². The highest BCUT2D eigenvalue weighted by molar-refractivity contribution is 7.22. The zero-order chi connectivity index (χ0) is 15.8. The number of fused-ring (bicyclic) bond motifs is 1. The Labute approximate surface area is 136 Å². The topological polar surface area (TPSA) is 32.3 Å². The number of nitrogens with zero attached hydrogens (tertiary/aromatic N) is 4. The summed E-state index contributed by atoms with van der Waals surface area (Å²) in [5.74, 6) is -0.699. The van der Waals surface area contributed by atoms with E-state index in [1.807, 2.05) is 6.07 Å². The van der Waals surface area contributed by atoms with E-state index in [1.165, 1.54) is 35.7 Å². The highest BCUT2D eigenvalue weighted by Gasteiger charge is 2.20. The van der Waals surface area contributed by atoms with Crippen LogP contribution in [0, 0.1) is 11.8 Å². The molecular formula is C16H14F2N4S. The van der Waals surface area contributed by atoms with Crippen LogP contribution in [0.1, 0.15) is 0 Å². The van der Waals surface area contributed by atoms with Crippen LogP contribution >= 0.6 is 11.3 Å². The summed E-state index contributed by atoms with van der Waals surface area (Å²) < 4.78 is 27.4. The van der Waals surface area contributed by atoms with Gasteiger partial charge in [0.05, 0.1) is 10.2 Å². The second-order valence-corrected chi connectivity index (χ2v) is 6.43. The molecule has 0 bridgehead atoms. The minimum absolute atomic E-state index is 0.239. The summed E-state index contributed by atoms with van der Waals surface area (Å²) >= 11 is 1.50. The largest absolute Gasteiger partial charge is 0.368 e. The van der Waals surface area contributed by atoms with Crippen molar-refractivity contribution in [2.75, 3.05) is 36.0 Å². The minimum atomic E-state index is -0.460. The number of hydrogen-bond acceptors (Lipinski definition) is 5. The second kappa shape index (κ2) is 5.73. The van der Waals surface area contributed by atoms with Gasteiger partial charge in [0.15, 0.2) is 5.13 Å². The molecule has 0 N–H and O–H groups in total. The first-order valence-electron chi connectivity index (χ1n) is 7.36. The number of pyridine rings is 1. The summed E-state index contributed by atoms with van der Waals surface area (Å²) in [6.07, 6.45) is 1.49. The van der Waals surface area contributed by atoms with Crippen LogP contribution in [0.2, 0.25) is 0 Å². The van der Waals surface area contributed by atoms with E-state index in [-0.39, 0.29) is 5.82 Å². The summed E-state index contributed by atoms with van der Waals surface area (Å²) in [6, 6.07) is 7.93. The van der Waals surface area contributed by atoms with Crippen molar-refractivity contribution < 1.29 is 8.78 Å². The third kappa shape index (κ3) is 2.84. The van der Waals surface area contributed by atoms with E-state index in [2.05, 4.69) is 19.8 Å². The van der Waals surface area contributed by atoms with Gasteiger partial charge in [-0.2, -0.15) is 4.39 Å². The minimum Gasteiger partial charge on any atom is -0.368 e. The van der Waals surface area contributed by atoms with Crippen LogP contribution < -0.4 is 9.80 Å². The van der Waals surface area contributed by atoms with Crippen molar-refractivity contribution in [3.05, 3.63) is 48.3 Å². The van der Waals surface area contributed by atoms with Crippen molar-refractivity contribution in [2.45, 2.75) is 0 Å². The maximum Gasteiger partial charge on any atom is 0.214 e. The van der Waals surface area contributed by atoms with Crippen molar-refractivity contribution in [3.63, 3.8) is 0 Å². The summed E-state index contributed by atoms with van der Waals surface area (Å²) in [4.78, 5) is 12.5. The SMILES string of the molecule is Fc1ccc2nc(N3CCN(c4ccnc(F)c4)CC3)sc2c1. The number of piperazine rings is 1. The normalized spacial score (nSPS) is 15.4. The van der Waals surface area contributed by atoms with Gasteiger partial charge in [-0.3, -0.25) is 0 Å². The maximum atomic E-state index is 13.3. The Morgan fingerprint density at radius 3 is 2.52 bits per heavy atom. The number of anilines is 2. The van der Waals surface area contributed by atoms with E-state index in [4.69, 9.17) is 0 Å². The van der Waals surface area contributed by atoms with Gasteiger partial charge in [0.25, 0.3) is 0 Å². The molecule has 0 radical (unpaired) electrons. The molecule has 2 aromatic heterocycles. The first-order valence-corrected chi connectivity index (χ1v) is 8.18. The fourth-order valence-electron chi connectivity index (χ4n) is 2.77. The number of benzene rings is 1. The molecule has 1 fully saturated rings. The number of hydrogen-bond donors (Lipinski definition) is 0. The van der Waals surface area contributed by atoms with Crippen LogP contribution in [-0.2, 0) is 0 Å². The van der Waals surface area contributed by atoms with Crippen molar-refractivity contribution in [2.24, 2.45) is 0 Å². The Bertz CT molecular complexity index is 843. The zero-order valence-corrected chi connectivity index (χ0v) is 13.1. The van der Waals surface area contributed by atoms with Gasteiger partial charge in [0.2, 0.25) is 5.95 Å². The lowest BCUT2D eigenvalue weighted by Gasteiger charge is -2.35. The quantitative estimate of drug-likeness (QED) is 0.674. The molecule has 1 saturated heterocycles. The second-order valence-electron chi connectivity index (χ2n) is 5.42. The standard InChI is InChI=1S/C16H14F2N4S/c17-11-1-2-13-14(9-11)23-16(20-13)22-7-5-21(6-8-22)12-3-4-19-15(18)10-12/h1-4,9-10H,5-8H2. The summed E-state index contributed by atoms with van der Waals surface area (Å²) in [7, 11) is 0. The van der Waals surface area contributed by atoms with Crippen molar-refractivity contribution in [1.82, 2.24) is 9.97 Å². The predicted octanol–water partition coefficient (Wildman–Crippen LogP) is 3.30. The molecule has 0 spiro atoms. The average molecular weight is 332 g/mol. The molecule has 3 heterocycles. The Kier molecular flexibility index (Phi) is 3.57. The molecule has 118 valence electrons. The number of aromatic nitrogens is 2. The van der Waals surface area contributed by atoms with Gasteiger partial charge in [-0.15, -0.1) is 0 Å². The van der Waals surface area contributed by atoms with Crippen LogP contribution in [0.3, 0.4) is 0 Å². The molecule has 1 aliphatic heterocycles. The molecule has 0 aliphatic carbocycles. The lowest BCUT2D eigenvalue weighted by Crippen LogP contribution is -2.46. The van der Waals surface area contributed by atoms with E-state index in [0.29, 0.717) is 0 Å². The molecule has 0 unspecified atom stereocenters. The van der Waals surface area contributed by atoms with Crippen LogP contribution in [0.25, 0.3) is 10.2 Å². The van der Waals surface area contributed by atoms with Crippen LogP contribution in [-0.4, -0.2) is 36.1 Å². The molecule has 3 aromatic rings. The van der Waals surface area contributed by atoms with Gasteiger partial charge in [-0.1, -0.05) is 11.3 Å². The lowest BCUT2D eigenvalue weighted by atomic mass is 10.3. The Hall–Kier alpha value is -2.28. The van der Waals surface area contributed by atoms with Gasteiger partial charge in [-0.25, -0.2) is 14.4 Å². The Morgan fingerprint density at radius 1 is 0.957 bits per heavy atom. The molecule has 4 nitrogen and oxygen atoms in total. The number of rotatable bonds is 2. The van der Waals surface area contributed by atoms with Crippen molar-refractivity contribution >= 4 is 32.4 Å². The summed E-state index contributed by atoms with van der Waals surface area (Å²) in [5.41, 5.74) is 1.67. The highest BCUT2D eigenvalue weighted by Crippen LogP contribution is 2.30. The lowest BCUT2D eigenvalue weighted by molar-refractivity contribution is 0.580. The first-order chi connectivity index (χ1) is 11.2. The van der Waals surface area contributed by atoms with Gasteiger partial charge in [-0.05, 0) is 24.3 Å². The molecule has 7 heteroatoms. The van der Waals surface area contributed by atoms with E-state index in [9.17, 15) is 8.78 Å². The van der Waals surface area contributed by atoms with Crippen LogP contribution in [0.4, 0.5) is 19.6 Å². The molecule has 1 aromatic carbocycles. The Morgan fingerprint density at radius 2 is 1.74 bits per heavy atom. The monoisotopic (exact) mass is 332 g/mol. The highest BCUT2D eigenvalue weighted by atomic mass is 32.1. The molecule has 23 heavy (non-hydrogen) atoms. The third-order valence-corrected chi connectivity index (χ3v) is 5.04. The van der Waals surface area contributed by atoms with Crippen LogP contribution in [0.15, 0.2) is 36.5 Å². The fourth-order valence-corrected chi connectivity index (χ4v) is 3.81. The molecular weight excluding hydrogens is 318 g/mol. The first kappa shape index (κ1) is 14.3. The van der Waals surface area contributed by atoms with E-state index in [0.717, 1.165) is 47.2 Å². The summed E-state index contributed by atoms with van der Waals surface area (Å²) in [5, 5.41) is 0.908. The van der Waals surface area contributed by atoms with Gasteiger partial charge >= 0.3 is 0 Å². The third-order valence-electron chi connectivity index (χ3n) is 3.96.